The van der Waals surface area contributed by atoms with Crippen molar-refractivity contribution in [2.45, 2.75) is 13.0 Å². The average Bonchev–Trinajstić information content (AvgIpc) is 2.27. The molecular weight excluding hydrogens is 174 g/mol. The van der Waals surface area contributed by atoms with Gasteiger partial charge >= 0.3 is 0 Å². The molecule has 0 amide bonds. The summed E-state index contributed by atoms with van der Waals surface area (Å²) in [6.07, 6.45) is 1.00. The van der Waals surface area contributed by atoms with Gasteiger partial charge in [0, 0.05) is 6.54 Å². The highest BCUT2D eigenvalue weighted by Crippen LogP contribution is 2.21. The minimum atomic E-state index is 0.523. The van der Waals surface area contributed by atoms with Crippen LogP contribution < -0.4 is 5.73 Å². The monoisotopic (exact) mass is 189 g/mol. The molecule has 0 spiro atoms. The Morgan fingerprint density at radius 3 is 3.07 bits per heavy atom. The van der Waals surface area contributed by atoms with E-state index < -0.39 is 0 Å². The van der Waals surface area contributed by atoms with Gasteiger partial charge in [0.05, 0.1) is 13.2 Å². The zero-order chi connectivity index (χ0) is 9.97. The molecule has 1 aliphatic heterocycles. The Kier molecular flexibility index (Phi) is 2.66. The molecule has 2 rings (SSSR count). The normalized spacial score (nSPS) is 14.9. The van der Waals surface area contributed by atoms with Gasteiger partial charge in [-0.15, -0.1) is 0 Å². The first-order chi connectivity index (χ1) is 6.81. The lowest BCUT2D eigenvalue weighted by atomic mass is 9.97. The number of nitrogens with two attached hydrogens (primary N) is 1. The van der Waals surface area contributed by atoms with Gasteiger partial charge in [0.15, 0.2) is 0 Å². The van der Waals surface area contributed by atoms with Gasteiger partial charge in [0.2, 0.25) is 0 Å². The minimum Gasteiger partial charge on any atom is -0.376 e. The highest BCUT2D eigenvalue weighted by Gasteiger charge is 2.09. The molecule has 2 N–H and O–H groups in total. The molecule has 0 unspecified atom stereocenters. The predicted octanol–water partition coefficient (Wildman–Crippen LogP) is 1.73. The van der Waals surface area contributed by atoms with Crippen molar-refractivity contribution >= 4 is 5.57 Å². The Bertz CT molecular complexity index is 357. The van der Waals surface area contributed by atoms with Crippen molar-refractivity contribution in [3.8, 4) is 0 Å². The predicted molar refractivity (Wildman–Crippen MR) is 57.9 cm³/mol. The fourth-order valence-corrected chi connectivity index (χ4v) is 1.70. The fraction of sp³-hybridized carbons (Fsp3) is 0.333. The third-order valence-corrected chi connectivity index (χ3v) is 2.63. The summed E-state index contributed by atoms with van der Waals surface area (Å²) >= 11 is 0. The lowest BCUT2D eigenvalue weighted by Gasteiger charge is -2.17. The van der Waals surface area contributed by atoms with Crippen LogP contribution in [-0.2, 0) is 17.8 Å². The quantitative estimate of drug-likeness (QED) is 0.769. The van der Waals surface area contributed by atoms with Crippen molar-refractivity contribution in [1.29, 1.82) is 0 Å². The second kappa shape index (κ2) is 3.95. The van der Waals surface area contributed by atoms with Crippen molar-refractivity contribution in [3.63, 3.8) is 0 Å². The van der Waals surface area contributed by atoms with E-state index in [4.69, 9.17) is 10.5 Å². The molecule has 1 aromatic carbocycles. The zero-order valence-electron chi connectivity index (χ0n) is 8.25. The molecule has 1 aliphatic rings. The van der Waals surface area contributed by atoms with E-state index in [9.17, 15) is 0 Å². The van der Waals surface area contributed by atoms with Crippen molar-refractivity contribution in [2.24, 2.45) is 5.73 Å². The van der Waals surface area contributed by atoms with Crippen LogP contribution >= 0.6 is 0 Å². The lowest BCUT2D eigenvalue weighted by molar-refractivity contribution is 0.111. The third kappa shape index (κ3) is 1.72. The maximum absolute atomic E-state index is 5.56. The Labute approximate surface area is 84.4 Å². The first kappa shape index (κ1) is 9.44. The Morgan fingerprint density at radius 2 is 2.29 bits per heavy atom. The number of rotatable bonds is 2. The molecule has 2 heteroatoms. The maximum Gasteiger partial charge on any atom is 0.0719 e. The first-order valence-electron chi connectivity index (χ1n) is 4.89. The van der Waals surface area contributed by atoms with Gasteiger partial charge in [0.25, 0.3) is 0 Å². The van der Waals surface area contributed by atoms with Crippen LogP contribution in [0, 0.1) is 0 Å². The van der Waals surface area contributed by atoms with Gasteiger partial charge in [-0.25, -0.2) is 0 Å². The Morgan fingerprint density at radius 1 is 1.43 bits per heavy atom. The Hall–Kier alpha value is -1.12. The second-order valence-electron chi connectivity index (χ2n) is 3.59. The largest absolute Gasteiger partial charge is 0.376 e. The van der Waals surface area contributed by atoms with Gasteiger partial charge in [-0.05, 0) is 28.7 Å². The number of ether oxygens (including phenoxy) is 1. The maximum atomic E-state index is 5.56. The molecule has 0 aromatic heterocycles. The molecule has 0 saturated heterocycles. The summed E-state index contributed by atoms with van der Waals surface area (Å²) < 4.78 is 5.38. The smallest absolute Gasteiger partial charge is 0.0719 e. The molecule has 1 heterocycles. The number of hydrogen-bond donors (Lipinski definition) is 1. The molecule has 0 saturated carbocycles. The van der Waals surface area contributed by atoms with Crippen LogP contribution in [0.1, 0.15) is 16.7 Å². The standard InChI is InChI=1S/C12H15NO/c1-9(7-13)10-2-3-12-8-14-5-4-11(12)6-10/h2-3,6H,1,4-5,7-8,13H2. The van der Waals surface area contributed by atoms with Gasteiger partial charge in [0.1, 0.15) is 0 Å². The van der Waals surface area contributed by atoms with Gasteiger partial charge in [-0.1, -0.05) is 24.8 Å². The summed E-state index contributed by atoms with van der Waals surface area (Å²) in [5, 5.41) is 0. The molecule has 0 atom stereocenters. The zero-order valence-corrected chi connectivity index (χ0v) is 8.25. The van der Waals surface area contributed by atoms with Crippen LogP contribution in [0.5, 0.6) is 0 Å². The lowest BCUT2D eigenvalue weighted by Crippen LogP contribution is -2.10. The van der Waals surface area contributed by atoms with Crippen LogP contribution in [0.25, 0.3) is 5.57 Å². The first-order valence-corrected chi connectivity index (χ1v) is 4.89. The molecule has 0 bridgehead atoms. The van der Waals surface area contributed by atoms with Crippen LogP contribution in [0.2, 0.25) is 0 Å². The molecular formula is C12H15NO. The number of fused-ring (bicyclic) bond motifs is 1. The second-order valence-corrected chi connectivity index (χ2v) is 3.59. The van der Waals surface area contributed by atoms with Crippen molar-refractivity contribution < 1.29 is 4.74 Å². The summed E-state index contributed by atoms with van der Waals surface area (Å²) in [6, 6.07) is 6.38. The van der Waals surface area contributed by atoms with Crippen LogP contribution in [0.4, 0.5) is 0 Å². The molecule has 14 heavy (non-hydrogen) atoms. The molecule has 0 fully saturated rings. The van der Waals surface area contributed by atoms with E-state index in [0.29, 0.717) is 6.54 Å². The van der Waals surface area contributed by atoms with E-state index >= 15 is 0 Å². The molecule has 2 nitrogen and oxygen atoms in total. The van der Waals surface area contributed by atoms with Gasteiger partial charge in [-0.2, -0.15) is 0 Å². The fourth-order valence-electron chi connectivity index (χ4n) is 1.70. The summed E-state index contributed by atoms with van der Waals surface area (Å²) in [5.41, 5.74) is 10.4. The molecule has 74 valence electrons. The van der Waals surface area contributed by atoms with Crippen LogP contribution in [0.3, 0.4) is 0 Å². The van der Waals surface area contributed by atoms with Crippen molar-refractivity contribution in [2.75, 3.05) is 13.2 Å². The van der Waals surface area contributed by atoms with Crippen LogP contribution in [-0.4, -0.2) is 13.2 Å². The number of benzene rings is 1. The van der Waals surface area contributed by atoms with Crippen molar-refractivity contribution in [1.82, 2.24) is 0 Å². The average molecular weight is 189 g/mol. The van der Waals surface area contributed by atoms with E-state index in [-0.39, 0.29) is 0 Å². The van der Waals surface area contributed by atoms with E-state index in [1.54, 1.807) is 0 Å². The van der Waals surface area contributed by atoms with Crippen molar-refractivity contribution in [3.05, 3.63) is 41.5 Å². The topological polar surface area (TPSA) is 35.2 Å². The summed E-state index contributed by atoms with van der Waals surface area (Å²) in [5.74, 6) is 0. The Balaban J connectivity index is 2.33. The van der Waals surface area contributed by atoms with Gasteiger partial charge < -0.3 is 10.5 Å². The van der Waals surface area contributed by atoms with E-state index in [1.807, 2.05) is 0 Å². The van der Waals surface area contributed by atoms with E-state index in [2.05, 4.69) is 24.8 Å². The van der Waals surface area contributed by atoms with Crippen LogP contribution in [0.15, 0.2) is 24.8 Å². The van der Waals surface area contributed by atoms with E-state index in [0.717, 1.165) is 30.8 Å². The summed E-state index contributed by atoms with van der Waals surface area (Å²) in [6.45, 7) is 6.02. The van der Waals surface area contributed by atoms with Gasteiger partial charge in [-0.3, -0.25) is 0 Å². The summed E-state index contributed by atoms with van der Waals surface area (Å²) in [4.78, 5) is 0. The highest BCUT2D eigenvalue weighted by atomic mass is 16.5. The molecule has 0 radical (unpaired) electrons. The number of hydrogen-bond acceptors (Lipinski definition) is 2. The minimum absolute atomic E-state index is 0.523. The third-order valence-electron chi connectivity index (χ3n) is 2.63. The summed E-state index contributed by atoms with van der Waals surface area (Å²) in [7, 11) is 0. The molecule has 0 aliphatic carbocycles. The molecule has 1 aromatic rings. The highest BCUT2D eigenvalue weighted by molar-refractivity contribution is 5.65. The SMILES string of the molecule is C=C(CN)c1ccc2c(c1)CCOC2. The van der Waals surface area contributed by atoms with E-state index in [1.165, 1.54) is 11.1 Å².